The van der Waals surface area contributed by atoms with Crippen molar-refractivity contribution in [2.75, 3.05) is 13.1 Å². The van der Waals surface area contributed by atoms with Crippen LogP contribution in [0.2, 0.25) is 0 Å². The molecule has 0 radical (unpaired) electrons. The molecule has 1 N–H and O–H groups in total. The van der Waals surface area contributed by atoms with E-state index in [9.17, 15) is 31.2 Å². The van der Waals surface area contributed by atoms with Crippen LogP contribution in [0.15, 0.2) is 24.3 Å². The van der Waals surface area contributed by atoms with E-state index in [1.807, 2.05) is 0 Å². The minimum absolute atomic E-state index is 0.0679. The van der Waals surface area contributed by atoms with Gasteiger partial charge in [-0.15, -0.1) is 0 Å². The predicted octanol–water partition coefficient (Wildman–Crippen LogP) is 2.17. The van der Waals surface area contributed by atoms with E-state index in [0.717, 1.165) is 17.0 Å². The van der Waals surface area contributed by atoms with Gasteiger partial charge in [0.2, 0.25) is 15.9 Å². The Morgan fingerprint density at radius 1 is 1.22 bits per heavy atom. The Labute approximate surface area is 154 Å². The van der Waals surface area contributed by atoms with Crippen molar-refractivity contribution in [2.24, 2.45) is 5.41 Å². The maximum Gasteiger partial charge on any atom is 0.417 e. The van der Waals surface area contributed by atoms with Gasteiger partial charge in [-0.05, 0) is 38.3 Å². The Morgan fingerprint density at radius 3 is 2.44 bits per heavy atom. The quantitative estimate of drug-likeness (QED) is 0.834. The SMILES string of the molecule is CC1(C(=O)NS(=O)(=O)C2CC2)CCN(C(=O)c2ccccc2C(F)(F)F)C1. The van der Waals surface area contributed by atoms with E-state index in [0.29, 0.717) is 12.8 Å². The van der Waals surface area contributed by atoms with E-state index in [4.69, 9.17) is 0 Å². The molecular formula is C17H19F3N2O4S. The summed E-state index contributed by atoms with van der Waals surface area (Å²) < 4.78 is 65.4. The van der Waals surface area contributed by atoms with Crippen molar-refractivity contribution in [3.05, 3.63) is 35.4 Å². The maximum absolute atomic E-state index is 13.1. The molecule has 10 heteroatoms. The standard InChI is InChI=1S/C17H19F3N2O4S/c1-16(15(24)21-27(25,26)11-6-7-11)8-9-22(10-16)14(23)12-4-2-3-5-13(12)17(18,19)20/h2-5,11H,6-10H2,1H3,(H,21,24). The van der Waals surface area contributed by atoms with Crippen molar-refractivity contribution >= 4 is 21.8 Å². The summed E-state index contributed by atoms with van der Waals surface area (Å²) in [5, 5.41) is -0.567. The van der Waals surface area contributed by atoms with Crippen LogP contribution < -0.4 is 4.72 Å². The molecule has 1 saturated heterocycles. The van der Waals surface area contributed by atoms with E-state index in [-0.39, 0.29) is 19.5 Å². The summed E-state index contributed by atoms with van der Waals surface area (Å²) in [7, 11) is -3.73. The first kappa shape index (κ1) is 19.7. The molecule has 2 amide bonds. The van der Waals surface area contributed by atoms with Gasteiger partial charge in [-0.3, -0.25) is 14.3 Å². The van der Waals surface area contributed by atoms with Crippen molar-refractivity contribution < 1.29 is 31.2 Å². The highest BCUT2D eigenvalue weighted by Crippen LogP contribution is 2.36. The summed E-state index contributed by atoms with van der Waals surface area (Å²) in [5.74, 6) is -1.56. The number of hydrogen-bond acceptors (Lipinski definition) is 4. The smallest absolute Gasteiger partial charge is 0.338 e. The van der Waals surface area contributed by atoms with Crippen molar-refractivity contribution in [1.29, 1.82) is 0 Å². The van der Waals surface area contributed by atoms with Gasteiger partial charge in [0.25, 0.3) is 5.91 Å². The number of amides is 2. The molecule has 148 valence electrons. The van der Waals surface area contributed by atoms with Crippen LogP contribution in [0.4, 0.5) is 13.2 Å². The van der Waals surface area contributed by atoms with Gasteiger partial charge in [0, 0.05) is 13.1 Å². The lowest BCUT2D eigenvalue weighted by Crippen LogP contribution is -2.45. The van der Waals surface area contributed by atoms with Gasteiger partial charge in [-0.2, -0.15) is 13.2 Å². The van der Waals surface area contributed by atoms with Crippen molar-refractivity contribution in [3.8, 4) is 0 Å². The van der Waals surface area contributed by atoms with Crippen LogP contribution in [0.3, 0.4) is 0 Å². The van der Waals surface area contributed by atoms with Crippen molar-refractivity contribution in [2.45, 2.75) is 37.6 Å². The molecule has 0 bridgehead atoms. The summed E-state index contributed by atoms with van der Waals surface area (Å²) in [6, 6.07) is 4.46. The zero-order chi connectivity index (χ0) is 20.0. The van der Waals surface area contributed by atoms with Gasteiger partial charge >= 0.3 is 6.18 Å². The number of halogens is 3. The Kier molecular flexibility index (Phi) is 4.73. The summed E-state index contributed by atoms with van der Waals surface area (Å²) in [6.45, 7) is 1.43. The first-order valence-electron chi connectivity index (χ1n) is 8.46. The first-order chi connectivity index (χ1) is 12.4. The molecule has 0 aromatic heterocycles. The molecule has 0 spiro atoms. The zero-order valence-electron chi connectivity index (χ0n) is 14.5. The van der Waals surface area contributed by atoms with Gasteiger partial charge in [0.15, 0.2) is 0 Å². The lowest BCUT2D eigenvalue weighted by atomic mass is 9.89. The van der Waals surface area contributed by atoms with E-state index in [1.54, 1.807) is 0 Å². The molecule has 1 aliphatic heterocycles. The third-order valence-corrected chi connectivity index (χ3v) is 6.79. The third kappa shape index (κ3) is 3.95. The Balaban J connectivity index is 1.76. The number of sulfonamides is 1. The predicted molar refractivity (Wildman–Crippen MR) is 90.2 cm³/mol. The normalized spacial score (nSPS) is 23.3. The van der Waals surface area contributed by atoms with Crippen LogP contribution in [0.25, 0.3) is 0 Å². The Bertz CT molecular complexity index is 880. The topological polar surface area (TPSA) is 83.6 Å². The summed E-state index contributed by atoms with van der Waals surface area (Å²) in [5.41, 5.74) is -2.70. The number of nitrogens with one attached hydrogen (secondary N) is 1. The summed E-state index contributed by atoms with van der Waals surface area (Å²) >= 11 is 0. The lowest BCUT2D eigenvalue weighted by Gasteiger charge is -2.24. The molecule has 3 rings (SSSR count). The number of alkyl halides is 3. The fraction of sp³-hybridized carbons (Fsp3) is 0.529. The monoisotopic (exact) mass is 404 g/mol. The molecule has 1 atom stereocenters. The van der Waals surface area contributed by atoms with Crippen LogP contribution in [0.5, 0.6) is 0 Å². The van der Waals surface area contributed by atoms with E-state index in [2.05, 4.69) is 4.72 Å². The first-order valence-corrected chi connectivity index (χ1v) is 10.0. The van der Waals surface area contributed by atoms with Crippen LogP contribution in [-0.4, -0.2) is 43.5 Å². The number of hydrogen-bond donors (Lipinski definition) is 1. The highest BCUT2D eigenvalue weighted by Gasteiger charge is 2.46. The van der Waals surface area contributed by atoms with Gasteiger partial charge in [-0.25, -0.2) is 8.42 Å². The van der Waals surface area contributed by atoms with E-state index in [1.165, 1.54) is 19.1 Å². The number of carbonyl (C=O) groups is 2. The molecule has 2 aliphatic rings. The summed E-state index contributed by atoms with van der Waals surface area (Å²) in [6.07, 6.45) is -3.51. The highest BCUT2D eigenvalue weighted by molar-refractivity contribution is 7.90. The Hall–Kier alpha value is -2.10. The van der Waals surface area contributed by atoms with Gasteiger partial charge in [0.1, 0.15) is 0 Å². The molecule has 27 heavy (non-hydrogen) atoms. The number of rotatable bonds is 4. The molecule has 2 fully saturated rings. The second kappa shape index (κ2) is 6.50. The number of nitrogens with zero attached hydrogens (tertiary/aromatic N) is 1. The molecule has 1 heterocycles. The van der Waals surface area contributed by atoms with Crippen LogP contribution in [0, 0.1) is 5.41 Å². The van der Waals surface area contributed by atoms with Crippen LogP contribution in [0.1, 0.15) is 42.1 Å². The molecule has 6 nitrogen and oxygen atoms in total. The van der Waals surface area contributed by atoms with Crippen LogP contribution >= 0.6 is 0 Å². The molecular weight excluding hydrogens is 385 g/mol. The van der Waals surface area contributed by atoms with Crippen molar-refractivity contribution in [1.82, 2.24) is 9.62 Å². The fourth-order valence-corrected chi connectivity index (χ4v) is 4.55. The average molecular weight is 404 g/mol. The minimum Gasteiger partial charge on any atom is -0.338 e. The largest absolute Gasteiger partial charge is 0.417 e. The van der Waals surface area contributed by atoms with Gasteiger partial charge in [-0.1, -0.05) is 12.1 Å². The lowest BCUT2D eigenvalue weighted by molar-refractivity contribution is -0.138. The van der Waals surface area contributed by atoms with Crippen molar-refractivity contribution in [3.63, 3.8) is 0 Å². The zero-order valence-corrected chi connectivity index (χ0v) is 15.4. The highest BCUT2D eigenvalue weighted by atomic mass is 32.2. The molecule has 1 aromatic carbocycles. The molecule has 1 unspecified atom stereocenters. The summed E-state index contributed by atoms with van der Waals surface area (Å²) in [4.78, 5) is 26.2. The molecule has 1 aliphatic carbocycles. The molecule has 1 saturated carbocycles. The van der Waals surface area contributed by atoms with Crippen LogP contribution in [-0.2, 0) is 21.0 Å². The van der Waals surface area contributed by atoms with Gasteiger partial charge in [0.05, 0.1) is 21.8 Å². The number of benzene rings is 1. The van der Waals surface area contributed by atoms with Gasteiger partial charge < -0.3 is 4.90 Å². The third-order valence-electron chi connectivity index (χ3n) is 4.97. The average Bonchev–Trinajstić information content (AvgIpc) is 3.37. The maximum atomic E-state index is 13.1. The minimum atomic E-state index is -4.68. The number of likely N-dealkylation sites (tertiary alicyclic amines) is 1. The fourth-order valence-electron chi connectivity index (χ4n) is 3.12. The second-order valence-electron chi connectivity index (χ2n) is 7.26. The Morgan fingerprint density at radius 2 is 1.85 bits per heavy atom. The second-order valence-corrected chi connectivity index (χ2v) is 9.22. The number of carbonyl (C=O) groups excluding carboxylic acids is 2. The van der Waals surface area contributed by atoms with E-state index >= 15 is 0 Å². The van der Waals surface area contributed by atoms with E-state index < -0.39 is 49.8 Å². The molecule has 1 aromatic rings.